The van der Waals surface area contributed by atoms with E-state index in [1.54, 1.807) is 12.1 Å². The average Bonchev–Trinajstić information content (AvgIpc) is 3.19. The Morgan fingerprint density at radius 1 is 1.35 bits per heavy atom. The predicted molar refractivity (Wildman–Crippen MR) is 74.5 cm³/mol. The van der Waals surface area contributed by atoms with Crippen molar-refractivity contribution >= 4 is 0 Å². The third-order valence-electron chi connectivity index (χ3n) is 3.58. The molecular weight excluding hydrogens is 253 g/mol. The Morgan fingerprint density at radius 3 is 2.95 bits per heavy atom. The first-order valence-corrected chi connectivity index (χ1v) is 6.82. The zero-order chi connectivity index (χ0) is 13.9. The molecule has 0 spiro atoms. The van der Waals surface area contributed by atoms with Crippen LogP contribution in [0.4, 0.5) is 4.39 Å². The van der Waals surface area contributed by atoms with Gasteiger partial charge in [-0.25, -0.2) is 4.39 Å². The fourth-order valence-electron chi connectivity index (χ4n) is 2.25. The SMILES string of the molecule is N#Cc1cc(Cn2cccc2CNC2CC2)ccc1F. The topological polar surface area (TPSA) is 40.8 Å². The number of nitriles is 1. The molecule has 0 bridgehead atoms. The highest BCUT2D eigenvalue weighted by Crippen LogP contribution is 2.19. The smallest absolute Gasteiger partial charge is 0.140 e. The zero-order valence-corrected chi connectivity index (χ0v) is 11.1. The van der Waals surface area contributed by atoms with Crippen molar-refractivity contribution in [3.8, 4) is 6.07 Å². The third kappa shape index (κ3) is 2.89. The van der Waals surface area contributed by atoms with Gasteiger partial charge in [0.25, 0.3) is 0 Å². The van der Waals surface area contributed by atoms with Crippen LogP contribution in [-0.2, 0) is 13.1 Å². The molecule has 2 aromatic rings. The first kappa shape index (κ1) is 12.9. The van der Waals surface area contributed by atoms with Crippen LogP contribution in [0.2, 0.25) is 0 Å². The summed E-state index contributed by atoms with van der Waals surface area (Å²) in [5.41, 5.74) is 2.25. The van der Waals surface area contributed by atoms with Crippen LogP contribution in [-0.4, -0.2) is 10.6 Å². The van der Waals surface area contributed by atoms with E-state index in [1.807, 2.05) is 18.3 Å². The number of halogens is 1. The molecule has 3 nitrogen and oxygen atoms in total. The molecule has 0 radical (unpaired) electrons. The number of benzene rings is 1. The highest BCUT2D eigenvalue weighted by atomic mass is 19.1. The van der Waals surface area contributed by atoms with Crippen molar-refractivity contribution in [3.05, 3.63) is 59.2 Å². The second-order valence-corrected chi connectivity index (χ2v) is 5.21. The van der Waals surface area contributed by atoms with E-state index in [2.05, 4.69) is 16.0 Å². The minimum absolute atomic E-state index is 0.104. The molecule has 1 saturated carbocycles. The summed E-state index contributed by atoms with van der Waals surface area (Å²) in [5, 5.41) is 12.4. The van der Waals surface area contributed by atoms with Crippen LogP contribution in [0.15, 0.2) is 36.5 Å². The van der Waals surface area contributed by atoms with Crippen molar-refractivity contribution in [1.29, 1.82) is 5.26 Å². The zero-order valence-electron chi connectivity index (χ0n) is 11.1. The van der Waals surface area contributed by atoms with Gasteiger partial charge in [-0.15, -0.1) is 0 Å². The second-order valence-electron chi connectivity index (χ2n) is 5.21. The number of nitrogens with zero attached hydrogens (tertiary/aromatic N) is 2. The lowest BCUT2D eigenvalue weighted by molar-refractivity contribution is 0.619. The lowest BCUT2D eigenvalue weighted by Gasteiger charge is -2.10. The van der Waals surface area contributed by atoms with Gasteiger partial charge in [0.2, 0.25) is 0 Å². The summed E-state index contributed by atoms with van der Waals surface area (Å²) in [7, 11) is 0. The van der Waals surface area contributed by atoms with E-state index in [4.69, 9.17) is 5.26 Å². The Kier molecular flexibility index (Phi) is 3.53. The summed E-state index contributed by atoms with van der Waals surface area (Å²) in [5.74, 6) is -0.459. The van der Waals surface area contributed by atoms with Crippen LogP contribution < -0.4 is 5.32 Å². The summed E-state index contributed by atoms with van der Waals surface area (Å²) in [4.78, 5) is 0. The van der Waals surface area contributed by atoms with E-state index in [0.29, 0.717) is 12.6 Å². The Balaban J connectivity index is 1.73. The predicted octanol–water partition coefficient (Wildman–Crippen LogP) is 2.80. The lowest BCUT2D eigenvalue weighted by Crippen LogP contribution is -2.18. The van der Waals surface area contributed by atoms with Crippen molar-refractivity contribution in [3.63, 3.8) is 0 Å². The van der Waals surface area contributed by atoms with Crippen molar-refractivity contribution in [1.82, 2.24) is 9.88 Å². The summed E-state index contributed by atoms with van der Waals surface area (Å²) < 4.78 is 15.4. The van der Waals surface area contributed by atoms with E-state index < -0.39 is 5.82 Å². The highest BCUT2D eigenvalue weighted by molar-refractivity contribution is 5.34. The van der Waals surface area contributed by atoms with Crippen LogP contribution in [0.3, 0.4) is 0 Å². The summed E-state index contributed by atoms with van der Waals surface area (Å²) in [6, 6.07) is 11.4. The Labute approximate surface area is 117 Å². The molecule has 1 aliphatic carbocycles. The molecule has 0 saturated heterocycles. The largest absolute Gasteiger partial charge is 0.346 e. The quantitative estimate of drug-likeness (QED) is 0.906. The molecule has 0 unspecified atom stereocenters. The Morgan fingerprint density at radius 2 is 2.20 bits per heavy atom. The van der Waals surface area contributed by atoms with Crippen LogP contribution in [0.1, 0.15) is 29.7 Å². The minimum atomic E-state index is -0.459. The average molecular weight is 269 g/mol. The molecule has 4 heteroatoms. The van der Waals surface area contributed by atoms with Crippen molar-refractivity contribution in [2.45, 2.75) is 32.0 Å². The molecular formula is C16H16FN3. The first-order valence-electron chi connectivity index (χ1n) is 6.82. The molecule has 0 amide bonds. The molecule has 1 aromatic heterocycles. The summed E-state index contributed by atoms with van der Waals surface area (Å²) >= 11 is 0. The maximum absolute atomic E-state index is 13.3. The number of aromatic nitrogens is 1. The summed E-state index contributed by atoms with van der Waals surface area (Å²) in [6.45, 7) is 1.51. The standard InChI is InChI=1S/C16H16FN3/c17-16-6-3-12(8-13(16)9-18)11-20-7-1-2-15(20)10-19-14-4-5-14/h1-3,6-8,14,19H,4-5,10-11H2. The van der Waals surface area contributed by atoms with Crippen molar-refractivity contribution in [2.24, 2.45) is 0 Å². The molecule has 102 valence electrons. The second kappa shape index (κ2) is 5.48. The molecule has 1 heterocycles. The van der Waals surface area contributed by atoms with Crippen LogP contribution in [0.5, 0.6) is 0 Å². The van der Waals surface area contributed by atoms with E-state index in [1.165, 1.54) is 24.6 Å². The molecule has 1 N–H and O–H groups in total. The molecule has 0 aliphatic heterocycles. The van der Waals surface area contributed by atoms with E-state index in [-0.39, 0.29) is 5.56 Å². The van der Waals surface area contributed by atoms with Gasteiger partial charge in [0.05, 0.1) is 5.56 Å². The van der Waals surface area contributed by atoms with E-state index in [9.17, 15) is 4.39 Å². The number of hydrogen-bond donors (Lipinski definition) is 1. The van der Waals surface area contributed by atoms with Gasteiger partial charge >= 0.3 is 0 Å². The summed E-state index contributed by atoms with van der Waals surface area (Å²) in [6.07, 6.45) is 4.55. The molecule has 20 heavy (non-hydrogen) atoms. The highest BCUT2D eigenvalue weighted by Gasteiger charge is 2.20. The number of rotatable bonds is 5. The normalized spacial score (nSPS) is 14.2. The van der Waals surface area contributed by atoms with E-state index in [0.717, 1.165) is 12.1 Å². The van der Waals surface area contributed by atoms with Gasteiger partial charge in [0.15, 0.2) is 0 Å². The minimum Gasteiger partial charge on any atom is -0.346 e. The van der Waals surface area contributed by atoms with Crippen molar-refractivity contribution in [2.75, 3.05) is 0 Å². The molecule has 1 fully saturated rings. The lowest BCUT2D eigenvalue weighted by atomic mass is 10.1. The van der Waals surface area contributed by atoms with Gasteiger partial charge in [-0.3, -0.25) is 0 Å². The van der Waals surface area contributed by atoms with Crippen LogP contribution in [0, 0.1) is 17.1 Å². The molecule has 0 atom stereocenters. The molecule has 1 aliphatic rings. The van der Waals surface area contributed by atoms with Gasteiger partial charge < -0.3 is 9.88 Å². The van der Waals surface area contributed by atoms with E-state index >= 15 is 0 Å². The maximum atomic E-state index is 13.3. The van der Waals surface area contributed by atoms with Gasteiger partial charge in [-0.2, -0.15) is 5.26 Å². The van der Waals surface area contributed by atoms with Gasteiger partial charge in [0.1, 0.15) is 11.9 Å². The van der Waals surface area contributed by atoms with Gasteiger partial charge in [-0.05, 0) is 42.7 Å². The monoisotopic (exact) mass is 269 g/mol. The van der Waals surface area contributed by atoms with Crippen LogP contribution in [0.25, 0.3) is 0 Å². The number of nitrogens with one attached hydrogen (secondary N) is 1. The van der Waals surface area contributed by atoms with Gasteiger partial charge in [-0.1, -0.05) is 6.07 Å². The third-order valence-corrected chi connectivity index (χ3v) is 3.58. The maximum Gasteiger partial charge on any atom is 0.140 e. The Bertz CT molecular complexity index is 650. The molecule has 3 rings (SSSR count). The fraction of sp³-hybridized carbons (Fsp3) is 0.312. The number of hydrogen-bond acceptors (Lipinski definition) is 2. The van der Waals surface area contributed by atoms with Crippen LogP contribution >= 0.6 is 0 Å². The fourth-order valence-corrected chi connectivity index (χ4v) is 2.25. The Hall–Kier alpha value is -2.12. The van der Waals surface area contributed by atoms with Crippen molar-refractivity contribution < 1.29 is 4.39 Å². The first-order chi connectivity index (χ1) is 9.76. The van der Waals surface area contributed by atoms with Gasteiger partial charge in [0, 0.05) is 31.0 Å². The molecule has 1 aromatic carbocycles.